The average Bonchev–Trinajstić information content (AvgIpc) is 3.72. The largest absolute Gasteiger partial charge is 0.504 e. The van der Waals surface area contributed by atoms with Crippen molar-refractivity contribution in [2.24, 2.45) is 0 Å². The molecule has 1 amide bonds. The Kier molecular flexibility index (Phi) is 9.25. The molecule has 270 valence electrons. The molecule has 0 saturated heterocycles. The van der Waals surface area contributed by atoms with Gasteiger partial charge in [0.2, 0.25) is 21.8 Å². The maximum absolute atomic E-state index is 13.2. The van der Waals surface area contributed by atoms with Crippen LogP contribution in [0.1, 0.15) is 29.5 Å². The third-order valence-electron chi connectivity index (χ3n) is 8.26. The third kappa shape index (κ3) is 7.35. The minimum Gasteiger partial charge on any atom is -0.504 e. The summed E-state index contributed by atoms with van der Waals surface area (Å²) in [7, 11) is -4.29. The van der Waals surface area contributed by atoms with Crippen LogP contribution in [0.15, 0.2) is 54.7 Å². The van der Waals surface area contributed by atoms with Gasteiger partial charge in [-0.15, -0.1) is 0 Å². The summed E-state index contributed by atoms with van der Waals surface area (Å²) in [6, 6.07) is 11.5. The topological polar surface area (TPSA) is 131 Å². The molecule has 18 heteroatoms. The standard InChI is InChI=1S/C33H25Cl2F6N3O6S/c1-16-12-17(13-51(47,48)44-30(46)31(9-10-31)24-20(34)5-2-6-21(24)35)7-8-18(16)26-22-23(29(43-26)50-15-33(39,40)41)25-19(4-3-11-42-25)28(27(22)45)49-14-32(36,37)38/h2-8,11-12,43,45H,9-10,13-15H2,1H3,(H,44,46). The summed E-state index contributed by atoms with van der Waals surface area (Å²) in [4.78, 5) is 20.1. The van der Waals surface area contributed by atoms with Crippen molar-refractivity contribution in [3.63, 3.8) is 0 Å². The summed E-state index contributed by atoms with van der Waals surface area (Å²) in [5.74, 6) is -3.39. The number of benzene rings is 3. The first-order valence-electron chi connectivity index (χ1n) is 14.9. The Morgan fingerprint density at radius 3 is 2.24 bits per heavy atom. The fourth-order valence-electron chi connectivity index (χ4n) is 5.99. The van der Waals surface area contributed by atoms with Crippen LogP contribution in [0.5, 0.6) is 17.4 Å². The number of hydrogen-bond donors (Lipinski definition) is 3. The van der Waals surface area contributed by atoms with Crippen LogP contribution in [0.25, 0.3) is 32.9 Å². The molecule has 2 aromatic heterocycles. The number of halogens is 8. The number of nitrogens with one attached hydrogen (secondary N) is 2. The Morgan fingerprint density at radius 2 is 1.63 bits per heavy atom. The molecule has 6 rings (SSSR count). The quantitative estimate of drug-likeness (QED) is 0.122. The summed E-state index contributed by atoms with van der Waals surface area (Å²) in [6.07, 6.45) is -7.68. The van der Waals surface area contributed by atoms with Gasteiger partial charge in [0.05, 0.1) is 33.2 Å². The highest BCUT2D eigenvalue weighted by molar-refractivity contribution is 7.89. The number of hydrogen-bond acceptors (Lipinski definition) is 7. The van der Waals surface area contributed by atoms with Crippen molar-refractivity contribution in [3.05, 3.63) is 81.5 Å². The van der Waals surface area contributed by atoms with Crippen LogP contribution in [-0.4, -0.2) is 55.0 Å². The highest BCUT2D eigenvalue weighted by Gasteiger charge is 2.54. The molecule has 2 heterocycles. The summed E-state index contributed by atoms with van der Waals surface area (Å²) in [6.45, 7) is -2.02. The summed E-state index contributed by atoms with van der Waals surface area (Å²) in [5.41, 5.74) is -0.333. The van der Waals surface area contributed by atoms with E-state index in [2.05, 4.69) is 14.7 Å². The van der Waals surface area contributed by atoms with E-state index in [1.165, 1.54) is 43.5 Å². The molecule has 1 fully saturated rings. The normalized spacial score (nSPS) is 14.5. The number of carbonyl (C=O) groups excluding carboxylic acids is 1. The molecular weight excluding hydrogens is 751 g/mol. The van der Waals surface area contributed by atoms with Gasteiger partial charge in [0.1, 0.15) is 0 Å². The molecule has 1 aliphatic rings. The Bertz CT molecular complexity index is 2290. The molecule has 1 saturated carbocycles. The first-order chi connectivity index (χ1) is 23.8. The van der Waals surface area contributed by atoms with Crippen molar-refractivity contribution in [2.75, 3.05) is 13.2 Å². The lowest BCUT2D eigenvalue weighted by Crippen LogP contribution is -2.39. The molecule has 0 spiro atoms. The van der Waals surface area contributed by atoms with E-state index < -0.39 is 70.0 Å². The number of amides is 1. The third-order valence-corrected chi connectivity index (χ3v) is 10.1. The number of sulfonamides is 1. The van der Waals surface area contributed by atoms with Crippen LogP contribution in [0.3, 0.4) is 0 Å². The number of phenolic OH excluding ortho intramolecular Hbond substituents is 1. The van der Waals surface area contributed by atoms with Gasteiger partial charge in [-0.2, -0.15) is 26.3 Å². The molecule has 5 aromatic rings. The molecule has 0 atom stereocenters. The highest BCUT2D eigenvalue weighted by atomic mass is 35.5. The predicted octanol–water partition coefficient (Wildman–Crippen LogP) is 8.26. The van der Waals surface area contributed by atoms with Gasteiger partial charge in [0, 0.05) is 32.8 Å². The number of ether oxygens (including phenoxy) is 2. The van der Waals surface area contributed by atoms with Gasteiger partial charge < -0.3 is 19.6 Å². The van der Waals surface area contributed by atoms with Crippen LogP contribution < -0.4 is 14.2 Å². The number of phenols is 1. The minimum atomic E-state index is -4.80. The van der Waals surface area contributed by atoms with Crippen molar-refractivity contribution >= 4 is 60.8 Å². The maximum Gasteiger partial charge on any atom is 0.422 e. The van der Waals surface area contributed by atoms with Crippen LogP contribution in [0.2, 0.25) is 10.0 Å². The molecule has 9 nitrogen and oxygen atoms in total. The molecule has 0 bridgehead atoms. The predicted molar refractivity (Wildman–Crippen MR) is 177 cm³/mol. The smallest absolute Gasteiger partial charge is 0.422 e. The summed E-state index contributed by atoms with van der Waals surface area (Å²) in [5, 5.41) is 11.2. The molecule has 0 aliphatic heterocycles. The van der Waals surface area contributed by atoms with E-state index in [4.69, 9.17) is 32.7 Å². The van der Waals surface area contributed by atoms with E-state index in [1.807, 2.05) is 0 Å². The number of nitrogens with zero attached hydrogens (tertiary/aromatic N) is 1. The number of carbonyl (C=O) groups is 1. The Labute approximate surface area is 295 Å². The summed E-state index contributed by atoms with van der Waals surface area (Å²) >= 11 is 12.6. The van der Waals surface area contributed by atoms with E-state index in [1.54, 1.807) is 18.2 Å². The van der Waals surface area contributed by atoms with Gasteiger partial charge in [0.25, 0.3) is 0 Å². The number of alkyl halides is 6. The van der Waals surface area contributed by atoms with E-state index in [0.29, 0.717) is 24.0 Å². The fraction of sp³-hybridized carbons (Fsp3) is 0.273. The van der Waals surface area contributed by atoms with Gasteiger partial charge in [-0.25, -0.2) is 8.42 Å². The maximum atomic E-state index is 13.2. The lowest BCUT2D eigenvalue weighted by molar-refractivity contribution is -0.154. The fourth-order valence-corrected chi connectivity index (χ4v) is 7.92. The van der Waals surface area contributed by atoms with Crippen molar-refractivity contribution < 1.29 is 54.1 Å². The number of aromatic amines is 1. The molecule has 0 unspecified atom stereocenters. The zero-order valence-corrected chi connectivity index (χ0v) is 28.4. The Balaban J connectivity index is 1.38. The van der Waals surface area contributed by atoms with E-state index in [0.717, 1.165) is 0 Å². The lowest BCUT2D eigenvalue weighted by atomic mass is 9.95. The first kappa shape index (κ1) is 36.4. The number of rotatable bonds is 10. The molecule has 1 aliphatic carbocycles. The number of aromatic hydroxyl groups is 1. The molecular formula is C33H25Cl2F6N3O6S. The second kappa shape index (κ2) is 13.0. The Morgan fingerprint density at radius 1 is 0.980 bits per heavy atom. The van der Waals surface area contributed by atoms with Crippen molar-refractivity contribution in [1.82, 2.24) is 14.7 Å². The number of fused-ring (bicyclic) bond motifs is 3. The number of H-pyrrole nitrogens is 1. The Hall–Kier alpha value is -4.41. The van der Waals surface area contributed by atoms with Crippen LogP contribution in [-0.2, 0) is 26.0 Å². The van der Waals surface area contributed by atoms with Gasteiger partial charge in [-0.05, 0) is 55.2 Å². The summed E-state index contributed by atoms with van der Waals surface area (Å²) < 4.78 is 118. The molecule has 3 aromatic carbocycles. The first-order valence-corrected chi connectivity index (χ1v) is 17.3. The SMILES string of the molecule is Cc1cc(CS(=O)(=O)NC(=O)C2(c3c(Cl)cccc3Cl)CC2)ccc1-c1[nH]c(OCC(F)(F)F)c2c1c(O)c(OCC(F)(F)F)c1cccnc12. The second-order valence-corrected chi connectivity index (χ2v) is 14.5. The number of aryl methyl sites for hydroxylation is 1. The highest BCUT2D eigenvalue weighted by Crippen LogP contribution is 2.53. The zero-order valence-electron chi connectivity index (χ0n) is 26.1. The van der Waals surface area contributed by atoms with E-state index in [-0.39, 0.29) is 48.5 Å². The number of pyridine rings is 1. The van der Waals surface area contributed by atoms with Crippen molar-refractivity contribution in [3.8, 4) is 28.6 Å². The number of aromatic nitrogens is 2. The average molecular weight is 777 g/mol. The van der Waals surface area contributed by atoms with Gasteiger partial charge >= 0.3 is 12.4 Å². The minimum absolute atomic E-state index is 0.0726. The molecule has 0 radical (unpaired) electrons. The molecule has 51 heavy (non-hydrogen) atoms. The van der Waals surface area contributed by atoms with Crippen molar-refractivity contribution in [2.45, 2.75) is 43.3 Å². The second-order valence-electron chi connectivity index (χ2n) is 12.0. The zero-order chi connectivity index (χ0) is 37.1. The van der Waals surface area contributed by atoms with Gasteiger partial charge in [-0.3, -0.25) is 14.5 Å². The van der Waals surface area contributed by atoms with Crippen LogP contribution in [0, 0.1) is 6.92 Å². The van der Waals surface area contributed by atoms with Crippen LogP contribution >= 0.6 is 23.2 Å². The van der Waals surface area contributed by atoms with Crippen LogP contribution in [0.4, 0.5) is 26.3 Å². The van der Waals surface area contributed by atoms with Gasteiger partial charge in [0.15, 0.2) is 24.7 Å². The van der Waals surface area contributed by atoms with Crippen molar-refractivity contribution in [1.29, 1.82) is 0 Å². The lowest BCUT2D eigenvalue weighted by Gasteiger charge is -2.19. The van der Waals surface area contributed by atoms with E-state index >= 15 is 0 Å². The van der Waals surface area contributed by atoms with E-state index in [9.17, 15) is 44.7 Å². The van der Waals surface area contributed by atoms with Gasteiger partial charge in [-0.1, -0.05) is 47.5 Å². The molecule has 3 N–H and O–H groups in total. The monoisotopic (exact) mass is 775 g/mol.